The van der Waals surface area contributed by atoms with Crippen LogP contribution in [0.2, 0.25) is 5.02 Å². The van der Waals surface area contributed by atoms with Crippen LogP contribution >= 0.6 is 11.6 Å². The molecule has 0 amide bonds. The quantitative estimate of drug-likeness (QED) is 0.444. The van der Waals surface area contributed by atoms with Crippen LogP contribution in [0.5, 0.6) is 5.75 Å². The van der Waals surface area contributed by atoms with Crippen LogP contribution in [0.4, 0.5) is 5.69 Å². The molecule has 0 saturated carbocycles. The molecule has 9 heteroatoms. The summed E-state index contributed by atoms with van der Waals surface area (Å²) in [5.74, 6) is -1.63. The van der Waals surface area contributed by atoms with E-state index in [9.17, 15) is 19.7 Å². The second-order valence-corrected chi connectivity index (χ2v) is 5.39. The molecule has 26 heavy (non-hydrogen) atoms. The van der Waals surface area contributed by atoms with Gasteiger partial charge in [-0.25, -0.2) is 9.59 Å². The van der Waals surface area contributed by atoms with E-state index in [1.54, 1.807) is 0 Å². The third kappa shape index (κ3) is 3.45. The Labute approximate surface area is 153 Å². The molecule has 0 spiro atoms. The Bertz CT molecular complexity index is 878. The molecule has 0 fully saturated rings. The zero-order valence-electron chi connectivity index (χ0n) is 14.1. The van der Waals surface area contributed by atoms with E-state index in [0.29, 0.717) is 5.56 Å². The highest BCUT2D eigenvalue weighted by molar-refractivity contribution is 6.34. The van der Waals surface area contributed by atoms with Gasteiger partial charge in [0.25, 0.3) is 0 Å². The normalized spacial score (nSPS) is 10.2. The molecule has 0 atom stereocenters. The Morgan fingerprint density at radius 3 is 2.08 bits per heavy atom. The van der Waals surface area contributed by atoms with E-state index < -0.39 is 22.5 Å². The molecular formula is C17H14ClNO7. The van der Waals surface area contributed by atoms with Crippen molar-refractivity contribution in [1.82, 2.24) is 0 Å². The second-order valence-electron chi connectivity index (χ2n) is 4.98. The van der Waals surface area contributed by atoms with Crippen LogP contribution in [-0.2, 0) is 9.47 Å². The van der Waals surface area contributed by atoms with E-state index in [1.807, 2.05) is 0 Å². The number of carbonyl (C=O) groups excluding carboxylic acids is 2. The molecule has 136 valence electrons. The molecule has 0 aromatic heterocycles. The number of benzene rings is 2. The van der Waals surface area contributed by atoms with Crippen LogP contribution in [-0.4, -0.2) is 38.2 Å². The van der Waals surface area contributed by atoms with E-state index in [0.717, 1.165) is 7.11 Å². The van der Waals surface area contributed by atoms with Crippen molar-refractivity contribution in [3.63, 3.8) is 0 Å². The van der Waals surface area contributed by atoms with Crippen LogP contribution < -0.4 is 4.74 Å². The van der Waals surface area contributed by atoms with Crippen LogP contribution in [0, 0.1) is 10.1 Å². The van der Waals surface area contributed by atoms with Crippen molar-refractivity contribution >= 4 is 29.2 Å². The number of ether oxygens (including phenoxy) is 3. The summed E-state index contributed by atoms with van der Waals surface area (Å²) in [7, 11) is 3.59. The maximum absolute atomic E-state index is 11.9. The van der Waals surface area contributed by atoms with Gasteiger partial charge in [-0.15, -0.1) is 0 Å². The zero-order valence-corrected chi connectivity index (χ0v) is 14.8. The largest absolute Gasteiger partial charge is 0.490 e. The van der Waals surface area contributed by atoms with Crippen molar-refractivity contribution in [2.24, 2.45) is 0 Å². The molecule has 0 unspecified atom stereocenters. The number of halogens is 1. The summed E-state index contributed by atoms with van der Waals surface area (Å²) in [4.78, 5) is 34.4. The van der Waals surface area contributed by atoms with Gasteiger partial charge in [0.2, 0.25) is 5.75 Å². The van der Waals surface area contributed by atoms with Crippen molar-refractivity contribution < 1.29 is 28.7 Å². The Morgan fingerprint density at radius 1 is 1.04 bits per heavy atom. The highest BCUT2D eigenvalue weighted by atomic mass is 35.5. The van der Waals surface area contributed by atoms with Crippen molar-refractivity contribution in [1.29, 1.82) is 0 Å². The summed E-state index contributed by atoms with van der Waals surface area (Å²) < 4.78 is 14.3. The van der Waals surface area contributed by atoms with Gasteiger partial charge in [0.05, 0.1) is 42.4 Å². The molecule has 0 aliphatic carbocycles. The lowest BCUT2D eigenvalue weighted by Gasteiger charge is -2.13. The fourth-order valence-electron chi connectivity index (χ4n) is 2.43. The topological polar surface area (TPSA) is 105 Å². The summed E-state index contributed by atoms with van der Waals surface area (Å²) in [6.07, 6.45) is 0. The minimum Gasteiger partial charge on any atom is -0.490 e. The highest BCUT2D eigenvalue weighted by Crippen LogP contribution is 2.45. The number of rotatable bonds is 5. The number of hydrogen-bond acceptors (Lipinski definition) is 7. The maximum atomic E-state index is 11.9. The molecule has 8 nitrogen and oxygen atoms in total. The van der Waals surface area contributed by atoms with Gasteiger partial charge in [0.1, 0.15) is 5.56 Å². The fourth-order valence-corrected chi connectivity index (χ4v) is 2.73. The predicted octanol–water partition coefficient (Wildman–Crippen LogP) is 3.50. The second kappa shape index (κ2) is 7.83. The van der Waals surface area contributed by atoms with Gasteiger partial charge in [-0.3, -0.25) is 10.1 Å². The Balaban J connectivity index is 2.74. The van der Waals surface area contributed by atoms with Crippen LogP contribution in [0.1, 0.15) is 20.7 Å². The average Bonchev–Trinajstić information content (AvgIpc) is 2.65. The molecule has 2 aromatic carbocycles. The summed E-state index contributed by atoms with van der Waals surface area (Å²) in [5.41, 5.74) is 0.0441. The first kappa shape index (κ1) is 19.2. The third-order valence-electron chi connectivity index (χ3n) is 3.59. The first-order chi connectivity index (χ1) is 12.3. The van der Waals surface area contributed by atoms with Gasteiger partial charge >= 0.3 is 17.6 Å². The number of hydrogen-bond donors (Lipinski definition) is 0. The van der Waals surface area contributed by atoms with Gasteiger partial charge in [0, 0.05) is 0 Å². The lowest BCUT2D eigenvalue weighted by molar-refractivity contribution is -0.385. The van der Waals surface area contributed by atoms with Crippen molar-refractivity contribution in [2.45, 2.75) is 0 Å². The molecule has 0 aliphatic heterocycles. The minimum atomic E-state index is -0.820. The predicted molar refractivity (Wildman–Crippen MR) is 92.8 cm³/mol. The van der Waals surface area contributed by atoms with Crippen molar-refractivity contribution in [2.75, 3.05) is 21.3 Å². The molecule has 0 radical (unpaired) electrons. The average molecular weight is 380 g/mol. The van der Waals surface area contributed by atoms with Gasteiger partial charge in [-0.1, -0.05) is 23.7 Å². The summed E-state index contributed by atoms with van der Waals surface area (Å²) >= 11 is 6.21. The van der Waals surface area contributed by atoms with Crippen molar-refractivity contribution in [3.05, 3.63) is 56.6 Å². The van der Waals surface area contributed by atoms with E-state index in [2.05, 4.69) is 9.47 Å². The van der Waals surface area contributed by atoms with Gasteiger partial charge in [0.15, 0.2) is 0 Å². The molecule has 0 aliphatic rings. The van der Waals surface area contributed by atoms with Crippen LogP contribution in [0.15, 0.2) is 30.3 Å². The smallest absolute Gasteiger partial charge is 0.341 e. The number of esters is 2. The molecule has 0 bridgehead atoms. The molecule has 0 heterocycles. The van der Waals surface area contributed by atoms with E-state index in [4.69, 9.17) is 16.3 Å². The van der Waals surface area contributed by atoms with E-state index in [1.165, 1.54) is 44.6 Å². The third-order valence-corrected chi connectivity index (χ3v) is 3.89. The standard InChI is InChI=1S/C17H14ClNO7/c1-24-15-11(17(21)26-3)8-12(18)13(14(15)19(22)23)9-4-6-10(7-5-9)16(20)25-2/h4-8H,1-3H3. The first-order valence-corrected chi connectivity index (χ1v) is 7.55. The maximum Gasteiger partial charge on any atom is 0.341 e. The SMILES string of the molecule is COC(=O)c1ccc(-c2c(Cl)cc(C(=O)OC)c(OC)c2[N+](=O)[O-])cc1. The number of nitro groups is 1. The Hall–Kier alpha value is -3.13. The van der Waals surface area contributed by atoms with Crippen LogP contribution in [0.3, 0.4) is 0 Å². The molecule has 2 aromatic rings. The van der Waals surface area contributed by atoms with Gasteiger partial charge in [-0.2, -0.15) is 0 Å². The van der Waals surface area contributed by atoms with E-state index in [-0.39, 0.29) is 27.5 Å². The van der Waals surface area contributed by atoms with Gasteiger partial charge in [-0.05, 0) is 23.8 Å². The number of carbonyl (C=O) groups is 2. The lowest BCUT2D eigenvalue weighted by Crippen LogP contribution is -2.08. The lowest BCUT2D eigenvalue weighted by atomic mass is 9.99. The zero-order chi connectivity index (χ0) is 19.4. The van der Waals surface area contributed by atoms with E-state index >= 15 is 0 Å². The van der Waals surface area contributed by atoms with Crippen LogP contribution in [0.25, 0.3) is 11.1 Å². The highest BCUT2D eigenvalue weighted by Gasteiger charge is 2.31. The molecule has 0 saturated heterocycles. The number of nitro benzene ring substituents is 1. The number of nitrogens with zero attached hydrogens (tertiary/aromatic N) is 1. The Kier molecular flexibility index (Phi) is 5.78. The fraction of sp³-hybridized carbons (Fsp3) is 0.176. The minimum absolute atomic E-state index is 0.0382. The summed E-state index contributed by atoms with van der Waals surface area (Å²) in [5, 5.41) is 11.6. The summed E-state index contributed by atoms with van der Waals surface area (Å²) in [6.45, 7) is 0. The molecular weight excluding hydrogens is 366 g/mol. The molecule has 2 rings (SSSR count). The first-order valence-electron chi connectivity index (χ1n) is 7.17. The molecule has 0 N–H and O–H groups in total. The monoisotopic (exact) mass is 379 g/mol. The van der Waals surface area contributed by atoms with Gasteiger partial charge < -0.3 is 14.2 Å². The van der Waals surface area contributed by atoms with Crippen molar-refractivity contribution in [3.8, 4) is 16.9 Å². The number of methoxy groups -OCH3 is 3. The Morgan fingerprint density at radius 2 is 1.62 bits per heavy atom. The summed E-state index contributed by atoms with van der Waals surface area (Å²) in [6, 6.07) is 7.10.